The molecule has 2 N–H and O–H groups in total. The number of rotatable bonds is 9. The number of benzene rings is 2. The van der Waals surface area contributed by atoms with Gasteiger partial charge in [-0.15, -0.1) is 0 Å². The molecule has 0 fully saturated rings. The average Bonchev–Trinajstić information content (AvgIpc) is 2.80. The number of amides is 1. The van der Waals surface area contributed by atoms with Crippen LogP contribution in [0.25, 0.3) is 11.3 Å². The molecule has 0 saturated carbocycles. The second-order valence-electron chi connectivity index (χ2n) is 6.54. The molecule has 170 valence electrons. The van der Waals surface area contributed by atoms with E-state index in [1.54, 1.807) is 38.1 Å². The Morgan fingerprint density at radius 2 is 1.91 bits per heavy atom. The normalized spacial score (nSPS) is 10.7. The molecule has 2 aromatic carbocycles. The van der Waals surface area contributed by atoms with Crippen LogP contribution in [0.5, 0.6) is 11.5 Å². The summed E-state index contributed by atoms with van der Waals surface area (Å²) >= 11 is 0. The molecule has 0 spiro atoms. The van der Waals surface area contributed by atoms with E-state index >= 15 is 0 Å². The first kappa shape index (κ1) is 23.1. The van der Waals surface area contributed by atoms with Crippen LogP contribution in [0.3, 0.4) is 0 Å². The van der Waals surface area contributed by atoms with Gasteiger partial charge in [0.1, 0.15) is 5.69 Å². The summed E-state index contributed by atoms with van der Waals surface area (Å²) in [6.45, 7) is 3.94. The molecule has 0 aliphatic rings. The summed E-state index contributed by atoms with van der Waals surface area (Å²) in [5.41, 5.74) is 2.58. The fourth-order valence-electron chi connectivity index (χ4n) is 2.93. The Balaban J connectivity index is 1.84. The highest BCUT2D eigenvalue weighted by atomic mass is 16.6. The number of carbonyl (C=O) groups is 1. The van der Waals surface area contributed by atoms with Crippen LogP contribution in [-0.2, 0) is 0 Å². The summed E-state index contributed by atoms with van der Waals surface area (Å²) in [5.74, 6) is -0.478. The topological polar surface area (TPSA) is 149 Å². The van der Waals surface area contributed by atoms with Crippen LogP contribution in [0.4, 0.5) is 5.69 Å². The van der Waals surface area contributed by atoms with Crippen molar-refractivity contribution in [3.05, 3.63) is 80.4 Å². The van der Waals surface area contributed by atoms with Crippen LogP contribution in [-0.4, -0.2) is 40.2 Å². The summed E-state index contributed by atoms with van der Waals surface area (Å²) in [6.07, 6.45) is 1.22. The zero-order chi connectivity index (χ0) is 23.8. The van der Waals surface area contributed by atoms with Crippen LogP contribution in [0.2, 0.25) is 0 Å². The number of aromatic amines is 1. The van der Waals surface area contributed by atoms with Crippen molar-refractivity contribution >= 4 is 17.8 Å². The van der Waals surface area contributed by atoms with E-state index in [-0.39, 0.29) is 36.1 Å². The van der Waals surface area contributed by atoms with E-state index in [9.17, 15) is 19.7 Å². The molecule has 0 atom stereocenters. The number of nitro benzene ring substituents is 1. The molecule has 3 aromatic rings. The van der Waals surface area contributed by atoms with Crippen LogP contribution >= 0.6 is 0 Å². The van der Waals surface area contributed by atoms with Gasteiger partial charge in [-0.1, -0.05) is 30.3 Å². The molecule has 11 heteroatoms. The van der Waals surface area contributed by atoms with Crippen molar-refractivity contribution in [2.24, 2.45) is 5.10 Å². The van der Waals surface area contributed by atoms with Crippen molar-refractivity contribution in [3.63, 3.8) is 0 Å². The fourth-order valence-corrected chi connectivity index (χ4v) is 2.93. The molecular formula is C22H21N5O6. The zero-order valence-electron chi connectivity index (χ0n) is 17.9. The summed E-state index contributed by atoms with van der Waals surface area (Å²) in [5, 5.41) is 15.3. The predicted molar refractivity (Wildman–Crippen MR) is 121 cm³/mol. The summed E-state index contributed by atoms with van der Waals surface area (Å²) in [7, 11) is 0. The van der Waals surface area contributed by atoms with Gasteiger partial charge in [-0.25, -0.2) is 10.2 Å². The SMILES string of the molecule is CCOc1cc(/C=N/NC(=O)c2cc(-c3ccccc3)nc(=O)[nH]2)cc([N+](=O)[O-])c1OCC. The molecule has 0 radical (unpaired) electrons. The number of hydrogen-bond donors (Lipinski definition) is 2. The highest BCUT2D eigenvalue weighted by molar-refractivity contribution is 5.94. The maximum atomic E-state index is 12.5. The molecule has 0 unspecified atom stereocenters. The number of hydrazone groups is 1. The quantitative estimate of drug-likeness (QED) is 0.289. The number of ether oxygens (including phenoxy) is 2. The first-order chi connectivity index (χ1) is 15.9. The smallest absolute Gasteiger partial charge is 0.346 e. The van der Waals surface area contributed by atoms with Gasteiger partial charge in [0.25, 0.3) is 5.91 Å². The Morgan fingerprint density at radius 1 is 1.18 bits per heavy atom. The van der Waals surface area contributed by atoms with Crippen molar-refractivity contribution in [1.29, 1.82) is 0 Å². The van der Waals surface area contributed by atoms with Crippen LogP contribution in [0.1, 0.15) is 29.9 Å². The van der Waals surface area contributed by atoms with Gasteiger partial charge in [0.15, 0.2) is 5.75 Å². The Morgan fingerprint density at radius 3 is 2.58 bits per heavy atom. The van der Waals surface area contributed by atoms with Gasteiger partial charge >= 0.3 is 11.4 Å². The van der Waals surface area contributed by atoms with Gasteiger partial charge in [0, 0.05) is 17.2 Å². The van der Waals surface area contributed by atoms with Crippen molar-refractivity contribution in [3.8, 4) is 22.8 Å². The molecule has 0 saturated heterocycles. The number of nitrogens with zero attached hydrogens (tertiary/aromatic N) is 3. The predicted octanol–water partition coefficient (Wildman–Crippen LogP) is 2.91. The van der Waals surface area contributed by atoms with E-state index in [0.717, 1.165) is 0 Å². The van der Waals surface area contributed by atoms with Crippen molar-refractivity contribution in [2.75, 3.05) is 13.2 Å². The van der Waals surface area contributed by atoms with E-state index in [0.29, 0.717) is 16.8 Å². The van der Waals surface area contributed by atoms with Gasteiger partial charge in [0.2, 0.25) is 5.75 Å². The minimum absolute atomic E-state index is 0.0216. The van der Waals surface area contributed by atoms with Gasteiger partial charge in [-0.2, -0.15) is 10.1 Å². The van der Waals surface area contributed by atoms with Crippen molar-refractivity contribution in [1.82, 2.24) is 15.4 Å². The number of nitro groups is 1. The highest BCUT2D eigenvalue weighted by Gasteiger charge is 2.22. The summed E-state index contributed by atoms with van der Waals surface area (Å²) in [6, 6.07) is 13.1. The van der Waals surface area contributed by atoms with E-state index in [1.165, 1.54) is 24.4 Å². The van der Waals surface area contributed by atoms with Crippen molar-refractivity contribution in [2.45, 2.75) is 13.8 Å². The van der Waals surface area contributed by atoms with E-state index in [4.69, 9.17) is 9.47 Å². The molecule has 1 aromatic heterocycles. The maximum absolute atomic E-state index is 12.5. The first-order valence-electron chi connectivity index (χ1n) is 10.0. The minimum Gasteiger partial charge on any atom is -0.490 e. The third-order valence-corrected chi connectivity index (χ3v) is 4.28. The zero-order valence-corrected chi connectivity index (χ0v) is 17.9. The standard InChI is InChI=1S/C22H21N5O6/c1-3-32-19-11-14(10-18(27(30)31)20(19)33-4-2)13-23-26-21(28)17-12-16(24-22(29)25-17)15-8-6-5-7-9-15/h5-13H,3-4H2,1-2H3,(H,26,28)(H,24,25,29)/b23-13+. The third kappa shape index (κ3) is 5.79. The number of carbonyl (C=O) groups excluding carboxylic acids is 1. The lowest BCUT2D eigenvalue weighted by Gasteiger charge is -2.11. The minimum atomic E-state index is -0.687. The Bertz CT molecular complexity index is 1240. The van der Waals surface area contributed by atoms with Gasteiger partial charge in [0.05, 0.1) is 30.0 Å². The van der Waals surface area contributed by atoms with Crippen LogP contribution in [0, 0.1) is 10.1 Å². The molecular weight excluding hydrogens is 430 g/mol. The molecule has 0 aliphatic carbocycles. The van der Waals surface area contributed by atoms with Gasteiger partial charge in [-0.05, 0) is 26.0 Å². The van der Waals surface area contributed by atoms with E-state index in [2.05, 4.69) is 20.5 Å². The largest absolute Gasteiger partial charge is 0.490 e. The molecule has 3 rings (SSSR count). The lowest BCUT2D eigenvalue weighted by molar-refractivity contribution is -0.385. The molecule has 0 bridgehead atoms. The monoisotopic (exact) mass is 451 g/mol. The molecule has 33 heavy (non-hydrogen) atoms. The number of hydrogen-bond acceptors (Lipinski definition) is 8. The summed E-state index contributed by atoms with van der Waals surface area (Å²) < 4.78 is 10.8. The number of nitrogens with one attached hydrogen (secondary N) is 2. The molecule has 1 heterocycles. The van der Waals surface area contributed by atoms with Crippen LogP contribution in [0.15, 0.2) is 58.4 Å². The molecule has 0 aliphatic heterocycles. The maximum Gasteiger partial charge on any atom is 0.346 e. The van der Waals surface area contributed by atoms with Crippen molar-refractivity contribution < 1.29 is 19.2 Å². The fraction of sp³-hybridized carbons (Fsp3) is 0.182. The van der Waals surface area contributed by atoms with E-state index in [1.807, 2.05) is 6.07 Å². The third-order valence-electron chi connectivity index (χ3n) is 4.28. The Kier molecular flexibility index (Phi) is 7.47. The molecule has 1 amide bonds. The van der Waals surface area contributed by atoms with Gasteiger partial charge in [-0.3, -0.25) is 14.9 Å². The number of aromatic nitrogens is 2. The lowest BCUT2D eigenvalue weighted by atomic mass is 10.1. The second-order valence-corrected chi connectivity index (χ2v) is 6.54. The average molecular weight is 451 g/mol. The highest BCUT2D eigenvalue weighted by Crippen LogP contribution is 2.38. The lowest BCUT2D eigenvalue weighted by Crippen LogP contribution is -2.24. The van der Waals surface area contributed by atoms with Crippen LogP contribution < -0.4 is 20.6 Å². The second kappa shape index (κ2) is 10.7. The first-order valence-corrected chi connectivity index (χ1v) is 10.0. The van der Waals surface area contributed by atoms with Gasteiger partial charge < -0.3 is 14.5 Å². The summed E-state index contributed by atoms with van der Waals surface area (Å²) in [4.78, 5) is 41.5. The van der Waals surface area contributed by atoms with E-state index < -0.39 is 16.5 Å². The Hall–Kier alpha value is -4.54. The molecule has 11 nitrogen and oxygen atoms in total. The Labute approximate surface area is 188 Å². The number of H-pyrrole nitrogens is 1.